The third-order valence-corrected chi connectivity index (χ3v) is 4.14. The molecule has 0 unspecified atom stereocenters. The van der Waals surface area contributed by atoms with Gasteiger partial charge in [-0.2, -0.15) is 0 Å². The van der Waals surface area contributed by atoms with Crippen molar-refractivity contribution in [2.24, 2.45) is 0 Å². The molecule has 4 rings (SSSR count). The maximum atomic E-state index is 12.0. The first kappa shape index (κ1) is 13.0. The molecule has 0 bridgehead atoms. The number of aryl methyl sites for hydroxylation is 1. The molecule has 1 aromatic carbocycles. The van der Waals surface area contributed by atoms with Gasteiger partial charge in [0.25, 0.3) is 5.91 Å². The van der Waals surface area contributed by atoms with E-state index in [1.165, 1.54) is 0 Å². The first-order valence-electron chi connectivity index (χ1n) is 7.39. The molecule has 110 valence electrons. The summed E-state index contributed by atoms with van der Waals surface area (Å²) in [4.78, 5) is 25.8. The Hall–Kier alpha value is -2.69. The Kier molecular flexibility index (Phi) is 2.76. The van der Waals surface area contributed by atoms with E-state index in [1.807, 2.05) is 25.4 Å². The lowest BCUT2D eigenvalue weighted by Gasteiger charge is -2.04. The minimum atomic E-state index is 0.0938. The second-order valence-electron chi connectivity index (χ2n) is 5.67. The maximum absolute atomic E-state index is 12.0. The van der Waals surface area contributed by atoms with E-state index in [0.717, 1.165) is 45.7 Å². The number of rotatable bonds is 2. The Morgan fingerprint density at radius 2 is 2.14 bits per heavy atom. The Morgan fingerprint density at radius 3 is 2.95 bits per heavy atom. The Balaban J connectivity index is 1.79. The van der Waals surface area contributed by atoms with Crippen molar-refractivity contribution in [2.75, 3.05) is 7.05 Å². The van der Waals surface area contributed by atoms with Crippen LogP contribution in [0.25, 0.3) is 22.3 Å². The first-order valence-corrected chi connectivity index (χ1v) is 7.39. The van der Waals surface area contributed by atoms with E-state index in [-0.39, 0.29) is 5.91 Å². The zero-order valence-corrected chi connectivity index (χ0v) is 12.6. The van der Waals surface area contributed by atoms with Crippen LogP contribution in [-0.4, -0.2) is 32.8 Å². The number of H-pyrrole nitrogens is 1. The molecule has 0 radical (unpaired) electrons. The van der Waals surface area contributed by atoms with Gasteiger partial charge in [0.05, 0.1) is 5.52 Å². The average Bonchev–Trinajstić information content (AvgIpc) is 3.07. The molecule has 1 aliphatic heterocycles. The van der Waals surface area contributed by atoms with Crippen molar-refractivity contribution in [1.82, 2.24) is 19.9 Å². The molecule has 1 aliphatic rings. The van der Waals surface area contributed by atoms with Gasteiger partial charge in [-0.3, -0.25) is 4.79 Å². The van der Waals surface area contributed by atoms with Gasteiger partial charge >= 0.3 is 0 Å². The molecular formula is C17H16N4O. The number of nitrogens with one attached hydrogen (secondary N) is 1. The van der Waals surface area contributed by atoms with Gasteiger partial charge in [-0.25, -0.2) is 9.97 Å². The predicted octanol–water partition coefficient (Wildman–Crippen LogP) is 2.77. The fourth-order valence-electron chi connectivity index (χ4n) is 2.92. The van der Waals surface area contributed by atoms with Gasteiger partial charge < -0.3 is 9.88 Å². The highest BCUT2D eigenvalue weighted by Gasteiger charge is 2.24. The number of hydrogen-bond donors (Lipinski definition) is 1. The highest BCUT2D eigenvalue weighted by atomic mass is 16.2. The number of fused-ring (bicyclic) bond motifs is 2. The average molecular weight is 292 g/mol. The minimum absolute atomic E-state index is 0.0938. The number of carbonyl (C=O) groups excluding carboxylic acids is 1. The smallest absolute Gasteiger partial charge is 0.254 e. The summed E-state index contributed by atoms with van der Waals surface area (Å²) >= 11 is 0. The normalized spacial score (nSPS) is 13.9. The van der Waals surface area contributed by atoms with Crippen molar-refractivity contribution in [3.8, 4) is 11.1 Å². The largest absolute Gasteiger partial charge is 0.341 e. The van der Waals surface area contributed by atoms with Crippen LogP contribution in [0.2, 0.25) is 0 Å². The molecule has 0 fully saturated rings. The van der Waals surface area contributed by atoms with E-state index in [9.17, 15) is 4.79 Å². The number of hydrogen-bond acceptors (Lipinski definition) is 3. The monoisotopic (exact) mass is 292 g/mol. The van der Waals surface area contributed by atoms with Crippen molar-refractivity contribution in [2.45, 2.75) is 19.9 Å². The van der Waals surface area contributed by atoms with Crippen LogP contribution in [0, 0.1) is 0 Å². The highest BCUT2D eigenvalue weighted by molar-refractivity contribution is 5.98. The lowest BCUT2D eigenvalue weighted by molar-refractivity contribution is 0.0816. The van der Waals surface area contributed by atoms with Crippen molar-refractivity contribution >= 4 is 17.1 Å². The number of aromatic nitrogens is 3. The molecule has 0 aliphatic carbocycles. The Bertz CT molecular complexity index is 897. The number of amides is 1. The molecule has 0 spiro atoms. The second-order valence-corrected chi connectivity index (χ2v) is 5.67. The lowest BCUT2D eigenvalue weighted by atomic mass is 10.0. The molecule has 5 nitrogen and oxygen atoms in total. The van der Waals surface area contributed by atoms with E-state index in [2.05, 4.69) is 34.0 Å². The quantitative estimate of drug-likeness (QED) is 0.790. The second kappa shape index (κ2) is 4.66. The summed E-state index contributed by atoms with van der Waals surface area (Å²) in [5.41, 5.74) is 5.67. The fourth-order valence-corrected chi connectivity index (χ4v) is 2.92. The fraction of sp³-hybridized carbons (Fsp3) is 0.235. The standard InChI is InChI=1S/C17H16N4O/c1-3-15-19-14-7-11(8-18-16(14)20-15)10-4-5-13-12(6-10)9-21(2)17(13)22/h4-8H,3,9H2,1-2H3,(H,18,19,20). The van der Waals surface area contributed by atoms with Gasteiger partial charge in [0.2, 0.25) is 0 Å². The zero-order valence-electron chi connectivity index (χ0n) is 12.6. The van der Waals surface area contributed by atoms with Crippen LogP contribution in [-0.2, 0) is 13.0 Å². The van der Waals surface area contributed by atoms with Crippen LogP contribution < -0.4 is 0 Å². The Labute approximate surface area is 128 Å². The van der Waals surface area contributed by atoms with Crippen LogP contribution in [0.4, 0.5) is 0 Å². The number of imidazole rings is 1. The van der Waals surface area contributed by atoms with E-state index in [4.69, 9.17) is 0 Å². The van der Waals surface area contributed by atoms with E-state index < -0.39 is 0 Å². The molecule has 22 heavy (non-hydrogen) atoms. The summed E-state index contributed by atoms with van der Waals surface area (Å²) in [7, 11) is 1.83. The molecular weight excluding hydrogens is 276 g/mol. The van der Waals surface area contributed by atoms with Crippen LogP contribution in [0.15, 0.2) is 30.5 Å². The van der Waals surface area contributed by atoms with Crippen LogP contribution in [0.3, 0.4) is 0 Å². The van der Waals surface area contributed by atoms with E-state index in [1.54, 1.807) is 4.90 Å². The van der Waals surface area contributed by atoms with Crippen molar-refractivity contribution in [1.29, 1.82) is 0 Å². The zero-order chi connectivity index (χ0) is 15.3. The number of benzene rings is 1. The van der Waals surface area contributed by atoms with Crippen molar-refractivity contribution in [3.05, 3.63) is 47.4 Å². The van der Waals surface area contributed by atoms with Crippen LogP contribution in [0.5, 0.6) is 0 Å². The third kappa shape index (κ3) is 1.89. The third-order valence-electron chi connectivity index (χ3n) is 4.14. The van der Waals surface area contributed by atoms with Crippen molar-refractivity contribution in [3.63, 3.8) is 0 Å². The van der Waals surface area contributed by atoms with Gasteiger partial charge in [-0.05, 0) is 29.3 Å². The minimum Gasteiger partial charge on any atom is -0.341 e. The van der Waals surface area contributed by atoms with Crippen LogP contribution in [0.1, 0.15) is 28.7 Å². The molecule has 3 heterocycles. The van der Waals surface area contributed by atoms with Gasteiger partial charge in [-0.15, -0.1) is 0 Å². The predicted molar refractivity (Wildman–Crippen MR) is 84.5 cm³/mol. The highest BCUT2D eigenvalue weighted by Crippen LogP contribution is 2.28. The summed E-state index contributed by atoms with van der Waals surface area (Å²) in [6.45, 7) is 2.73. The topological polar surface area (TPSA) is 61.9 Å². The molecule has 5 heteroatoms. The molecule has 1 N–H and O–H groups in total. The summed E-state index contributed by atoms with van der Waals surface area (Å²) in [5.74, 6) is 1.04. The first-order chi connectivity index (χ1) is 10.7. The molecule has 0 saturated heterocycles. The molecule has 0 atom stereocenters. The summed E-state index contributed by atoms with van der Waals surface area (Å²) in [6.07, 6.45) is 2.70. The van der Waals surface area contributed by atoms with E-state index >= 15 is 0 Å². The summed E-state index contributed by atoms with van der Waals surface area (Å²) in [5, 5.41) is 0. The molecule has 0 saturated carbocycles. The van der Waals surface area contributed by atoms with Gasteiger partial charge in [0.1, 0.15) is 5.82 Å². The molecule has 3 aromatic rings. The van der Waals surface area contributed by atoms with Gasteiger partial charge in [-0.1, -0.05) is 13.0 Å². The summed E-state index contributed by atoms with van der Waals surface area (Å²) < 4.78 is 0. The van der Waals surface area contributed by atoms with Crippen molar-refractivity contribution < 1.29 is 4.79 Å². The van der Waals surface area contributed by atoms with Gasteiger partial charge in [0.15, 0.2) is 5.65 Å². The molecule has 2 aromatic heterocycles. The lowest BCUT2D eigenvalue weighted by Crippen LogP contribution is -2.17. The number of nitrogens with zero attached hydrogens (tertiary/aromatic N) is 3. The number of pyridine rings is 1. The van der Waals surface area contributed by atoms with E-state index in [0.29, 0.717) is 6.54 Å². The number of carbonyl (C=O) groups is 1. The molecule has 1 amide bonds. The van der Waals surface area contributed by atoms with Gasteiger partial charge in [0, 0.05) is 37.3 Å². The Morgan fingerprint density at radius 1 is 1.27 bits per heavy atom. The maximum Gasteiger partial charge on any atom is 0.254 e. The number of aromatic amines is 1. The summed E-state index contributed by atoms with van der Waals surface area (Å²) in [6, 6.07) is 8.04. The van der Waals surface area contributed by atoms with Crippen LogP contribution >= 0.6 is 0 Å². The SMILES string of the molecule is CCc1nc2ncc(-c3ccc4c(c3)CN(C)C4=O)cc2[nH]1.